The van der Waals surface area contributed by atoms with Crippen LogP contribution in [0.15, 0.2) is 91.0 Å². The summed E-state index contributed by atoms with van der Waals surface area (Å²) in [5.41, 5.74) is 6.78. The fraction of sp³-hybridized carbons (Fsp3) is 0.167. The Morgan fingerprint density at radius 2 is 1.35 bits per heavy atom. The smallest absolute Gasteiger partial charge is 0.0656 e. The second-order valence-electron chi connectivity index (χ2n) is 7.45. The standard InChI is InChI=1S/C24H20N2/c1-2-8-16(9-3-1)26-22-13-7-5-11-18(22)20-15-14-19-17-10-4-6-12-21(17)25-23(19)24(20)26/h1-15,19-20,23-25H. The minimum Gasteiger partial charge on any atom is -0.379 e. The van der Waals surface area contributed by atoms with Gasteiger partial charge in [-0.05, 0) is 35.4 Å². The van der Waals surface area contributed by atoms with Crippen molar-refractivity contribution in [1.29, 1.82) is 0 Å². The zero-order valence-corrected chi connectivity index (χ0v) is 14.4. The second-order valence-corrected chi connectivity index (χ2v) is 7.45. The number of hydrogen-bond donors (Lipinski definition) is 1. The van der Waals surface area contributed by atoms with E-state index in [0.717, 1.165) is 0 Å². The number of rotatable bonds is 1. The van der Waals surface area contributed by atoms with Crippen LogP contribution in [0.5, 0.6) is 0 Å². The Kier molecular flexibility index (Phi) is 2.87. The zero-order chi connectivity index (χ0) is 17.1. The molecule has 0 aromatic heterocycles. The minimum absolute atomic E-state index is 0.384. The fourth-order valence-corrected chi connectivity index (χ4v) is 5.14. The highest BCUT2D eigenvalue weighted by atomic mass is 15.2. The van der Waals surface area contributed by atoms with Crippen molar-refractivity contribution in [3.8, 4) is 0 Å². The first-order valence-electron chi connectivity index (χ1n) is 9.39. The predicted molar refractivity (Wildman–Crippen MR) is 107 cm³/mol. The molecule has 2 nitrogen and oxygen atoms in total. The van der Waals surface area contributed by atoms with E-state index in [2.05, 4.69) is 101 Å². The molecule has 3 aromatic rings. The van der Waals surface area contributed by atoms with E-state index < -0.39 is 0 Å². The molecule has 2 heteroatoms. The number of hydrogen-bond acceptors (Lipinski definition) is 2. The van der Waals surface area contributed by atoms with Crippen molar-refractivity contribution in [3.63, 3.8) is 0 Å². The fourth-order valence-electron chi connectivity index (χ4n) is 5.14. The van der Waals surface area contributed by atoms with E-state index in [1.165, 1.54) is 28.2 Å². The largest absolute Gasteiger partial charge is 0.379 e. The Balaban J connectivity index is 1.53. The third kappa shape index (κ3) is 1.82. The molecular formula is C24H20N2. The lowest BCUT2D eigenvalue weighted by Crippen LogP contribution is -2.47. The van der Waals surface area contributed by atoms with E-state index in [1.54, 1.807) is 0 Å². The number of para-hydroxylation sites is 3. The number of nitrogens with zero attached hydrogens (tertiary/aromatic N) is 1. The molecule has 0 spiro atoms. The van der Waals surface area contributed by atoms with Crippen LogP contribution in [0.3, 0.4) is 0 Å². The minimum atomic E-state index is 0.384. The molecule has 26 heavy (non-hydrogen) atoms. The Bertz CT molecular complexity index is 1010. The van der Waals surface area contributed by atoms with Gasteiger partial charge in [-0.2, -0.15) is 0 Å². The molecule has 6 rings (SSSR count). The molecule has 0 radical (unpaired) electrons. The maximum Gasteiger partial charge on any atom is 0.0656 e. The van der Waals surface area contributed by atoms with Crippen LogP contribution in [0.2, 0.25) is 0 Å². The van der Waals surface area contributed by atoms with Gasteiger partial charge in [0.05, 0.1) is 12.1 Å². The van der Waals surface area contributed by atoms with Crippen LogP contribution in [-0.4, -0.2) is 12.1 Å². The molecule has 1 aliphatic carbocycles. The molecule has 3 aliphatic rings. The van der Waals surface area contributed by atoms with Gasteiger partial charge in [-0.15, -0.1) is 0 Å². The van der Waals surface area contributed by atoms with Gasteiger partial charge in [-0.3, -0.25) is 0 Å². The van der Waals surface area contributed by atoms with Crippen molar-refractivity contribution in [2.75, 3.05) is 10.2 Å². The van der Waals surface area contributed by atoms with Crippen molar-refractivity contribution >= 4 is 17.1 Å². The molecule has 0 amide bonds. The first-order valence-corrected chi connectivity index (χ1v) is 9.39. The summed E-state index contributed by atoms with van der Waals surface area (Å²) in [6.07, 6.45) is 4.87. The Labute approximate surface area is 153 Å². The highest BCUT2D eigenvalue weighted by Gasteiger charge is 2.49. The van der Waals surface area contributed by atoms with Gasteiger partial charge in [-0.1, -0.05) is 66.7 Å². The summed E-state index contributed by atoms with van der Waals surface area (Å²) >= 11 is 0. The first kappa shape index (κ1) is 14.2. The van der Waals surface area contributed by atoms with Gasteiger partial charge in [0.15, 0.2) is 0 Å². The Morgan fingerprint density at radius 1 is 0.654 bits per heavy atom. The first-order chi connectivity index (χ1) is 12.9. The van der Waals surface area contributed by atoms with Gasteiger partial charge in [0.1, 0.15) is 0 Å². The molecule has 0 saturated carbocycles. The molecule has 0 bridgehead atoms. The summed E-state index contributed by atoms with van der Waals surface area (Å²) in [6.45, 7) is 0. The Morgan fingerprint density at radius 3 is 2.23 bits per heavy atom. The number of fused-ring (bicyclic) bond motifs is 7. The lowest BCUT2D eigenvalue weighted by Gasteiger charge is -2.39. The van der Waals surface area contributed by atoms with Crippen LogP contribution in [0.1, 0.15) is 23.0 Å². The third-order valence-corrected chi connectivity index (χ3v) is 6.18. The summed E-state index contributed by atoms with van der Waals surface area (Å²) in [7, 11) is 0. The average molecular weight is 336 g/mol. The SMILES string of the molecule is C1=CC2c3ccccc3N(c3ccccc3)C2C2Nc3ccccc3C12. The van der Waals surface area contributed by atoms with Crippen LogP contribution in [-0.2, 0) is 0 Å². The molecule has 4 atom stereocenters. The van der Waals surface area contributed by atoms with Gasteiger partial charge in [0, 0.05) is 28.9 Å². The second kappa shape index (κ2) is 5.25. The molecule has 126 valence electrons. The van der Waals surface area contributed by atoms with E-state index in [4.69, 9.17) is 0 Å². The maximum absolute atomic E-state index is 3.85. The van der Waals surface area contributed by atoms with Gasteiger partial charge < -0.3 is 10.2 Å². The average Bonchev–Trinajstić information content (AvgIpc) is 3.24. The van der Waals surface area contributed by atoms with Crippen molar-refractivity contribution < 1.29 is 0 Å². The van der Waals surface area contributed by atoms with Crippen LogP contribution >= 0.6 is 0 Å². The predicted octanol–water partition coefficient (Wildman–Crippen LogP) is 5.44. The number of benzene rings is 3. The molecule has 0 saturated heterocycles. The topological polar surface area (TPSA) is 15.3 Å². The quantitative estimate of drug-likeness (QED) is 0.595. The monoisotopic (exact) mass is 336 g/mol. The zero-order valence-electron chi connectivity index (χ0n) is 14.4. The summed E-state index contributed by atoms with van der Waals surface area (Å²) in [5.74, 6) is 0.863. The lowest BCUT2D eigenvalue weighted by molar-refractivity contribution is 0.491. The molecule has 4 unspecified atom stereocenters. The molecule has 2 heterocycles. The number of nitrogens with one attached hydrogen (secondary N) is 1. The highest BCUT2D eigenvalue weighted by molar-refractivity contribution is 5.76. The molecule has 0 fully saturated rings. The van der Waals surface area contributed by atoms with Gasteiger partial charge >= 0.3 is 0 Å². The van der Waals surface area contributed by atoms with E-state index in [-0.39, 0.29) is 0 Å². The molecule has 2 aliphatic heterocycles. The maximum atomic E-state index is 3.85. The lowest BCUT2D eigenvalue weighted by atomic mass is 9.78. The summed E-state index contributed by atoms with van der Waals surface area (Å²) < 4.78 is 0. The van der Waals surface area contributed by atoms with E-state index in [0.29, 0.717) is 23.9 Å². The number of anilines is 3. The van der Waals surface area contributed by atoms with Gasteiger partial charge in [-0.25, -0.2) is 0 Å². The van der Waals surface area contributed by atoms with Crippen molar-refractivity contribution in [1.82, 2.24) is 0 Å². The van der Waals surface area contributed by atoms with Crippen molar-refractivity contribution in [3.05, 3.63) is 102 Å². The van der Waals surface area contributed by atoms with Crippen molar-refractivity contribution in [2.24, 2.45) is 0 Å². The Hall–Kier alpha value is -3.00. The molecule has 1 N–H and O–H groups in total. The van der Waals surface area contributed by atoms with Crippen LogP contribution in [0.25, 0.3) is 0 Å². The van der Waals surface area contributed by atoms with E-state index in [1.807, 2.05) is 0 Å². The van der Waals surface area contributed by atoms with Crippen LogP contribution in [0, 0.1) is 0 Å². The summed E-state index contributed by atoms with van der Waals surface area (Å²) in [4.78, 5) is 2.56. The summed E-state index contributed by atoms with van der Waals surface area (Å²) in [6, 6.07) is 29.3. The molecular weight excluding hydrogens is 316 g/mol. The third-order valence-electron chi connectivity index (χ3n) is 6.18. The summed E-state index contributed by atoms with van der Waals surface area (Å²) in [5, 5.41) is 3.85. The van der Waals surface area contributed by atoms with E-state index >= 15 is 0 Å². The van der Waals surface area contributed by atoms with E-state index in [9.17, 15) is 0 Å². The normalized spacial score (nSPS) is 27.3. The van der Waals surface area contributed by atoms with Gasteiger partial charge in [0.25, 0.3) is 0 Å². The van der Waals surface area contributed by atoms with Crippen LogP contribution in [0.4, 0.5) is 17.1 Å². The molecule has 3 aromatic carbocycles. The van der Waals surface area contributed by atoms with Crippen LogP contribution < -0.4 is 10.2 Å². The highest BCUT2D eigenvalue weighted by Crippen LogP contribution is 2.54. The van der Waals surface area contributed by atoms with Crippen molar-refractivity contribution in [2.45, 2.75) is 23.9 Å². The van der Waals surface area contributed by atoms with Gasteiger partial charge in [0.2, 0.25) is 0 Å².